The Bertz CT molecular complexity index is 977. The first-order valence-electron chi connectivity index (χ1n) is 10.3. The van der Waals surface area contributed by atoms with Gasteiger partial charge in [0.1, 0.15) is 11.4 Å². The number of hydrogen-bond acceptors (Lipinski definition) is 3. The van der Waals surface area contributed by atoms with Crippen LogP contribution in [0, 0.1) is 0 Å². The van der Waals surface area contributed by atoms with E-state index >= 15 is 0 Å². The van der Waals surface area contributed by atoms with Crippen LogP contribution >= 0.6 is 0 Å². The lowest BCUT2D eigenvalue weighted by molar-refractivity contribution is 0.0688. The molecular weight excluding hydrogens is 362 g/mol. The molecule has 1 aromatic heterocycles. The zero-order chi connectivity index (χ0) is 20.4. The zero-order valence-electron chi connectivity index (χ0n) is 17.2. The number of nitrogens with zero attached hydrogens (tertiary/aromatic N) is 2. The Morgan fingerprint density at radius 1 is 1.10 bits per heavy atom. The average molecular weight is 389 g/mol. The Labute approximate surface area is 171 Å². The molecule has 1 aliphatic heterocycles. The van der Waals surface area contributed by atoms with Crippen molar-refractivity contribution in [1.82, 2.24) is 15.1 Å². The number of H-pyrrole nitrogens is 1. The van der Waals surface area contributed by atoms with Gasteiger partial charge in [-0.1, -0.05) is 55.8 Å². The van der Waals surface area contributed by atoms with Crippen LogP contribution in [0.2, 0.25) is 0 Å². The highest BCUT2D eigenvalue weighted by atomic mass is 16.5. The third-order valence-corrected chi connectivity index (χ3v) is 5.37. The molecule has 0 saturated heterocycles. The van der Waals surface area contributed by atoms with Crippen LogP contribution in [0.4, 0.5) is 0 Å². The Morgan fingerprint density at radius 3 is 2.48 bits per heavy atom. The molecule has 29 heavy (non-hydrogen) atoms. The van der Waals surface area contributed by atoms with Gasteiger partial charge in [0.25, 0.3) is 5.91 Å². The molecule has 0 fully saturated rings. The predicted molar refractivity (Wildman–Crippen MR) is 114 cm³/mol. The van der Waals surface area contributed by atoms with Crippen LogP contribution in [-0.4, -0.2) is 33.7 Å². The lowest BCUT2D eigenvalue weighted by Gasteiger charge is -2.30. The van der Waals surface area contributed by atoms with E-state index in [-0.39, 0.29) is 18.0 Å². The van der Waals surface area contributed by atoms with Gasteiger partial charge >= 0.3 is 0 Å². The fourth-order valence-corrected chi connectivity index (χ4v) is 3.92. The second kappa shape index (κ2) is 8.11. The van der Waals surface area contributed by atoms with E-state index in [1.807, 2.05) is 47.4 Å². The highest BCUT2D eigenvalue weighted by molar-refractivity contribution is 6.00. The van der Waals surface area contributed by atoms with Crippen LogP contribution < -0.4 is 4.74 Å². The Morgan fingerprint density at radius 2 is 1.83 bits per heavy atom. The Balaban J connectivity index is 1.74. The quantitative estimate of drug-likeness (QED) is 0.564. The van der Waals surface area contributed by atoms with Crippen LogP contribution in [0.5, 0.6) is 5.75 Å². The molecule has 1 aliphatic rings. The van der Waals surface area contributed by atoms with Gasteiger partial charge in [0.15, 0.2) is 0 Å². The summed E-state index contributed by atoms with van der Waals surface area (Å²) in [6.07, 6.45) is 2.15. The van der Waals surface area contributed by atoms with E-state index in [9.17, 15) is 4.79 Å². The lowest BCUT2D eigenvalue weighted by Crippen LogP contribution is -2.35. The number of fused-ring (bicyclic) bond motifs is 1. The summed E-state index contributed by atoms with van der Waals surface area (Å²) in [5, 5.41) is 7.50. The number of carbonyl (C=O) groups excluding carboxylic acids is 1. The van der Waals surface area contributed by atoms with Gasteiger partial charge in [0, 0.05) is 17.2 Å². The number of carbonyl (C=O) groups is 1. The molecule has 1 amide bonds. The topological polar surface area (TPSA) is 58.2 Å². The van der Waals surface area contributed by atoms with E-state index in [1.54, 1.807) is 0 Å². The molecule has 0 spiro atoms. The van der Waals surface area contributed by atoms with Crippen LogP contribution in [-0.2, 0) is 0 Å². The lowest BCUT2D eigenvalue weighted by atomic mass is 9.95. The molecule has 1 N–H and O–H groups in total. The molecule has 1 atom stereocenters. The SMILES string of the molecule is CCCCOc1ccc(C2c3c(-c4ccccc4)n[nH]c3C(=O)N2C(C)C)cc1. The highest BCUT2D eigenvalue weighted by Crippen LogP contribution is 2.43. The Hall–Kier alpha value is -3.08. The van der Waals surface area contributed by atoms with Crippen molar-refractivity contribution in [2.45, 2.75) is 45.7 Å². The van der Waals surface area contributed by atoms with E-state index in [4.69, 9.17) is 4.74 Å². The molecule has 2 aromatic carbocycles. The van der Waals surface area contributed by atoms with Gasteiger partial charge in [-0.25, -0.2) is 0 Å². The molecule has 4 rings (SSSR count). The molecule has 2 heterocycles. The molecular formula is C24H27N3O2. The number of aromatic amines is 1. The van der Waals surface area contributed by atoms with E-state index in [0.29, 0.717) is 5.69 Å². The second-order valence-electron chi connectivity index (χ2n) is 7.71. The minimum Gasteiger partial charge on any atom is -0.494 e. The maximum absolute atomic E-state index is 13.1. The fraction of sp³-hybridized carbons (Fsp3) is 0.333. The molecule has 1 unspecified atom stereocenters. The van der Waals surface area contributed by atoms with Gasteiger partial charge < -0.3 is 9.64 Å². The van der Waals surface area contributed by atoms with Crippen molar-refractivity contribution in [2.24, 2.45) is 0 Å². The molecule has 0 saturated carbocycles. The molecule has 150 valence electrons. The van der Waals surface area contributed by atoms with E-state index in [2.05, 4.69) is 43.1 Å². The smallest absolute Gasteiger partial charge is 0.273 e. The summed E-state index contributed by atoms with van der Waals surface area (Å²) in [7, 11) is 0. The number of benzene rings is 2. The highest BCUT2D eigenvalue weighted by Gasteiger charge is 2.43. The summed E-state index contributed by atoms with van der Waals surface area (Å²) in [5.74, 6) is 0.858. The third kappa shape index (κ3) is 3.53. The maximum atomic E-state index is 13.1. The van der Waals surface area contributed by atoms with Gasteiger partial charge in [0.2, 0.25) is 0 Å². The van der Waals surface area contributed by atoms with Gasteiger partial charge in [-0.2, -0.15) is 5.10 Å². The Kier molecular flexibility index (Phi) is 5.38. The van der Waals surface area contributed by atoms with Crippen molar-refractivity contribution in [3.63, 3.8) is 0 Å². The summed E-state index contributed by atoms with van der Waals surface area (Å²) in [5.41, 5.74) is 4.45. The van der Waals surface area contributed by atoms with Gasteiger partial charge in [-0.3, -0.25) is 9.89 Å². The summed E-state index contributed by atoms with van der Waals surface area (Å²) in [6, 6.07) is 18.0. The molecule has 5 nitrogen and oxygen atoms in total. The van der Waals surface area contributed by atoms with E-state index in [1.165, 1.54) is 0 Å². The van der Waals surface area contributed by atoms with Crippen LogP contribution in [0.25, 0.3) is 11.3 Å². The molecule has 0 bridgehead atoms. The van der Waals surface area contributed by atoms with Gasteiger partial charge in [0.05, 0.1) is 18.3 Å². The second-order valence-corrected chi connectivity index (χ2v) is 7.71. The first kappa shape index (κ1) is 19.2. The zero-order valence-corrected chi connectivity index (χ0v) is 17.2. The fourth-order valence-electron chi connectivity index (χ4n) is 3.92. The summed E-state index contributed by atoms with van der Waals surface area (Å²) in [4.78, 5) is 15.1. The minimum atomic E-state index is -0.170. The number of aromatic nitrogens is 2. The molecule has 0 aliphatic carbocycles. The largest absolute Gasteiger partial charge is 0.494 e. The average Bonchev–Trinajstić information content (AvgIpc) is 3.28. The maximum Gasteiger partial charge on any atom is 0.273 e. The monoisotopic (exact) mass is 389 g/mol. The van der Waals surface area contributed by atoms with Crippen molar-refractivity contribution in [3.8, 4) is 17.0 Å². The predicted octanol–water partition coefficient (Wildman–Crippen LogP) is 5.21. The molecule has 0 radical (unpaired) electrons. The van der Waals surface area contributed by atoms with Gasteiger partial charge in [-0.15, -0.1) is 0 Å². The van der Waals surface area contributed by atoms with E-state index in [0.717, 1.165) is 47.6 Å². The number of nitrogens with one attached hydrogen (secondary N) is 1. The number of rotatable bonds is 7. The normalized spacial score (nSPS) is 15.8. The first-order chi connectivity index (χ1) is 14.1. The standard InChI is InChI=1S/C24H27N3O2/c1-4-5-15-29-19-13-11-18(12-14-19)23-20-21(17-9-7-6-8-10-17)25-26-22(20)24(28)27(23)16(2)3/h6-14,16,23H,4-5,15H2,1-3H3,(H,25,26). The van der Waals surface area contributed by atoms with Crippen molar-refractivity contribution in [2.75, 3.05) is 6.61 Å². The van der Waals surface area contributed by atoms with Crippen LogP contribution in [0.15, 0.2) is 54.6 Å². The van der Waals surface area contributed by atoms with Crippen LogP contribution in [0.1, 0.15) is 61.3 Å². The molecule has 3 aromatic rings. The van der Waals surface area contributed by atoms with Crippen LogP contribution in [0.3, 0.4) is 0 Å². The summed E-state index contributed by atoms with van der Waals surface area (Å²) in [6.45, 7) is 6.97. The minimum absolute atomic E-state index is 0.00189. The molecule has 5 heteroatoms. The summed E-state index contributed by atoms with van der Waals surface area (Å²) < 4.78 is 5.81. The third-order valence-electron chi connectivity index (χ3n) is 5.37. The number of hydrogen-bond donors (Lipinski definition) is 1. The van der Waals surface area contributed by atoms with Gasteiger partial charge in [-0.05, 0) is 38.0 Å². The number of unbranched alkanes of at least 4 members (excludes halogenated alkanes) is 1. The van der Waals surface area contributed by atoms with Crippen molar-refractivity contribution >= 4 is 5.91 Å². The first-order valence-corrected chi connectivity index (χ1v) is 10.3. The van der Waals surface area contributed by atoms with Crippen molar-refractivity contribution in [3.05, 3.63) is 71.4 Å². The summed E-state index contributed by atoms with van der Waals surface area (Å²) >= 11 is 0. The van der Waals surface area contributed by atoms with Crippen molar-refractivity contribution < 1.29 is 9.53 Å². The van der Waals surface area contributed by atoms with Crippen molar-refractivity contribution in [1.29, 1.82) is 0 Å². The number of amides is 1. The number of ether oxygens (including phenoxy) is 1. The van der Waals surface area contributed by atoms with E-state index < -0.39 is 0 Å².